The molecule has 106 valence electrons. The van der Waals surface area contributed by atoms with Crippen LogP contribution in [0.5, 0.6) is 5.75 Å². The average Bonchev–Trinajstić information content (AvgIpc) is 2.43. The lowest BCUT2D eigenvalue weighted by molar-refractivity contribution is 0.232. The first-order valence-corrected chi connectivity index (χ1v) is 7.63. The maximum absolute atomic E-state index is 6.15. The molecule has 0 aliphatic rings. The summed E-state index contributed by atoms with van der Waals surface area (Å²) in [5.41, 5.74) is 1.14. The van der Waals surface area contributed by atoms with Crippen LogP contribution in [0.15, 0.2) is 53.0 Å². The van der Waals surface area contributed by atoms with Gasteiger partial charge in [0.05, 0.1) is 4.47 Å². The first kappa shape index (κ1) is 15.4. The van der Waals surface area contributed by atoms with E-state index < -0.39 is 0 Å². The van der Waals surface area contributed by atoms with Crippen LogP contribution in [0.4, 0.5) is 0 Å². The van der Waals surface area contributed by atoms with E-state index in [-0.39, 0.29) is 0 Å². The van der Waals surface area contributed by atoms with Crippen LogP contribution in [0.1, 0.15) is 5.56 Å². The first-order chi connectivity index (χ1) is 9.66. The van der Waals surface area contributed by atoms with Crippen molar-refractivity contribution in [2.75, 3.05) is 20.2 Å². The number of ether oxygens (including phenoxy) is 1. The van der Waals surface area contributed by atoms with Crippen molar-refractivity contribution in [1.82, 2.24) is 4.90 Å². The second-order valence-electron chi connectivity index (χ2n) is 4.61. The molecule has 0 fully saturated rings. The van der Waals surface area contributed by atoms with Crippen molar-refractivity contribution in [2.45, 2.75) is 6.54 Å². The number of rotatable bonds is 6. The van der Waals surface area contributed by atoms with Crippen LogP contribution in [0.25, 0.3) is 0 Å². The predicted molar refractivity (Wildman–Crippen MR) is 87.4 cm³/mol. The Balaban J connectivity index is 1.80. The highest BCUT2D eigenvalue weighted by molar-refractivity contribution is 9.10. The molecule has 0 saturated heterocycles. The molecule has 0 N–H and O–H groups in total. The van der Waals surface area contributed by atoms with E-state index in [0.717, 1.165) is 33.9 Å². The Hall–Kier alpha value is -1.03. The van der Waals surface area contributed by atoms with Crippen LogP contribution < -0.4 is 4.74 Å². The molecule has 0 unspecified atom stereocenters. The second kappa shape index (κ2) is 7.67. The monoisotopic (exact) mass is 353 g/mol. The third kappa shape index (κ3) is 4.51. The highest BCUT2D eigenvalue weighted by Gasteiger charge is 2.05. The zero-order chi connectivity index (χ0) is 14.4. The molecular weight excluding hydrogens is 338 g/mol. The number of nitrogens with zero attached hydrogens (tertiary/aromatic N) is 1. The van der Waals surface area contributed by atoms with Gasteiger partial charge >= 0.3 is 0 Å². The summed E-state index contributed by atoms with van der Waals surface area (Å²) in [6.45, 7) is 2.30. The number of hydrogen-bond acceptors (Lipinski definition) is 2. The molecule has 0 spiro atoms. The number of hydrogen-bond donors (Lipinski definition) is 0. The fourth-order valence-corrected chi connectivity index (χ4v) is 2.46. The van der Waals surface area contributed by atoms with E-state index in [4.69, 9.17) is 16.3 Å². The minimum atomic E-state index is 0.642. The minimum Gasteiger partial charge on any atom is -0.491 e. The molecule has 0 bridgehead atoms. The molecule has 0 atom stereocenters. The summed E-state index contributed by atoms with van der Waals surface area (Å²) in [5, 5.41) is 0.811. The van der Waals surface area contributed by atoms with Crippen molar-refractivity contribution in [3.05, 3.63) is 63.6 Å². The van der Waals surface area contributed by atoms with Crippen molar-refractivity contribution in [1.29, 1.82) is 0 Å². The number of para-hydroxylation sites is 1. The van der Waals surface area contributed by atoms with Crippen LogP contribution in [0.2, 0.25) is 5.02 Å². The molecule has 0 aliphatic heterocycles. The summed E-state index contributed by atoms with van der Waals surface area (Å²) >= 11 is 9.63. The summed E-state index contributed by atoms with van der Waals surface area (Å²) in [6, 6.07) is 15.8. The second-order valence-corrected chi connectivity index (χ2v) is 5.87. The lowest BCUT2D eigenvalue weighted by Crippen LogP contribution is -2.24. The molecule has 4 heteroatoms. The Labute approximate surface area is 133 Å². The normalized spacial score (nSPS) is 10.8. The van der Waals surface area contributed by atoms with Gasteiger partial charge in [-0.05, 0) is 46.7 Å². The molecule has 0 saturated carbocycles. The summed E-state index contributed by atoms with van der Waals surface area (Å²) < 4.78 is 6.73. The Kier molecular flexibility index (Phi) is 5.89. The summed E-state index contributed by atoms with van der Waals surface area (Å²) in [4.78, 5) is 2.19. The molecule has 0 aromatic heterocycles. The molecule has 2 nitrogen and oxygen atoms in total. The molecule has 0 heterocycles. The van der Waals surface area contributed by atoms with Crippen molar-refractivity contribution in [3.8, 4) is 5.75 Å². The van der Waals surface area contributed by atoms with Gasteiger partial charge in [0.1, 0.15) is 12.4 Å². The van der Waals surface area contributed by atoms with Gasteiger partial charge in [-0.15, -0.1) is 0 Å². The van der Waals surface area contributed by atoms with Crippen molar-refractivity contribution >= 4 is 27.5 Å². The van der Waals surface area contributed by atoms with E-state index in [9.17, 15) is 0 Å². The molecule has 0 radical (unpaired) electrons. The van der Waals surface area contributed by atoms with Gasteiger partial charge < -0.3 is 4.74 Å². The van der Waals surface area contributed by atoms with Gasteiger partial charge in [0, 0.05) is 18.1 Å². The molecule has 2 aromatic rings. The van der Waals surface area contributed by atoms with Gasteiger partial charge in [-0.3, -0.25) is 4.90 Å². The zero-order valence-corrected chi connectivity index (χ0v) is 13.7. The smallest absolute Gasteiger partial charge is 0.133 e. The van der Waals surface area contributed by atoms with Crippen LogP contribution in [0.3, 0.4) is 0 Å². The largest absolute Gasteiger partial charge is 0.491 e. The molecular formula is C16H17BrClNO. The van der Waals surface area contributed by atoms with E-state index in [1.165, 1.54) is 0 Å². The third-order valence-electron chi connectivity index (χ3n) is 2.97. The molecule has 2 rings (SSSR count). The topological polar surface area (TPSA) is 12.5 Å². The van der Waals surface area contributed by atoms with Gasteiger partial charge in [-0.2, -0.15) is 0 Å². The summed E-state index contributed by atoms with van der Waals surface area (Å²) in [6.07, 6.45) is 0. The molecule has 2 aromatic carbocycles. The van der Waals surface area contributed by atoms with E-state index >= 15 is 0 Å². The lowest BCUT2D eigenvalue weighted by Gasteiger charge is -2.18. The fraction of sp³-hybridized carbons (Fsp3) is 0.250. The van der Waals surface area contributed by atoms with E-state index in [1.54, 1.807) is 0 Å². The minimum absolute atomic E-state index is 0.642. The number of halogens is 2. The predicted octanol–water partition coefficient (Wildman–Crippen LogP) is 4.61. The van der Waals surface area contributed by atoms with Crippen LogP contribution >= 0.6 is 27.5 Å². The Morgan fingerprint density at radius 2 is 1.80 bits per heavy atom. The SMILES string of the molecule is CN(CCOc1ccccc1Br)Cc1ccccc1Cl. The standard InChI is InChI=1S/C16H17BrClNO/c1-19(12-13-6-2-4-8-15(13)18)10-11-20-16-9-5-3-7-14(16)17/h2-9H,10-12H2,1H3. The van der Waals surface area contributed by atoms with Crippen LogP contribution in [-0.4, -0.2) is 25.1 Å². The van der Waals surface area contributed by atoms with Gasteiger partial charge in [0.25, 0.3) is 0 Å². The van der Waals surface area contributed by atoms with E-state index in [0.29, 0.717) is 6.61 Å². The Morgan fingerprint density at radius 1 is 1.10 bits per heavy atom. The van der Waals surface area contributed by atoms with Gasteiger partial charge in [0.2, 0.25) is 0 Å². The molecule has 0 amide bonds. The Morgan fingerprint density at radius 3 is 2.55 bits per heavy atom. The highest BCUT2D eigenvalue weighted by atomic mass is 79.9. The maximum Gasteiger partial charge on any atom is 0.133 e. The summed E-state index contributed by atoms with van der Waals surface area (Å²) in [5.74, 6) is 0.874. The van der Waals surface area contributed by atoms with E-state index in [2.05, 4.69) is 27.9 Å². The molecule has 20 heavy (non-hydrogen) atoms. The van der Waals surface area contributed by atoms with Gasteiger partial charge in [-0.25, -0.2) is 0 Å². The van der Waals surface area contributed by atoms with Crippen molar-refractivity contribution in [2.24, 2.45) is 0 Å². The fourth-order valence-electron chi connectivity index (χ4n) is 1.87. The maximum atomic E-state index is 6.15. The average molecular weight is 355 g/mol. The van der Waals surface area contributed by atoms with Crippen molar-refractivity contribution < 1.29 is 4.74 Å². The first-order valence-electron chi connectivity index (χ1n) is 6.46. The zero-order valence-electron chi connectivity index (χ0n) is 11.4. The number of benzene rings is 2. The molecule has 0 aliphatic carbocycles. The van der Waals surface area contributed by atoms with Crippen LogP contribution in [-0.2, 0) is 6.54 Å². The van der Waals surface area contributed by atoms with Crippen molar-refractivity contribution in [3.63, 3.8) is 0 Å². The quantitative estimate of drug-likeness (QED) is 0.751. The number of likely N-dealkylation sites (N-methyl/N-ethyl adjacent to an activating group) is 1. The van der Waals surface area contributed by atoms with Crippen LogP contribution in [0, 0.1) is 0 Å². The summed E-state index contributed by atoms with van der Waals surface area (Å²) in [7, 11) is 2.06. The van der Waals surface area contributed by atoms with Gasteiger partial charge in [0.15, 0.2) is 0 Å². The lowest BCUT2D eigenvalue weighted by atomic mass is 10.2. The Bertz CT molecular complexity index is 562. The highest BCUT2D eigenvalue weighted by Crippen LogP contribution is 2.23. The third-order valence-corrected chi connectivity index (χ3v) is 3.99. The van der Waals surface area contributed by atoms with Gasteiger partial charge in [-0.1, -0.05) is 41.9 Å². The van der Waals surface area contributed by atoms with E-state index in [1.807, 2.05) is 48.5 Å².